The third-order valence-electron chi connectivity index (χ3n) is 2.81. The summed E-state index contributed by atoms with van der Waals surface area (Å²) in [5, 5.41) is 11.5. The monoisotopic (exact) mass is 245 g/mol. The molecular weight excluding hydrogens is 226 g/mol. The van der Waals surface area contributed by atoms with Crippen LogP contribution in [0.15, 0.2) is 34.7 Å². The van der Waals surface area contributed by atoms with Crippen LogP contribution in [0.3, 0.4) is 0 Å². The van der Waals surface area contributed by atoms with Crippen LogP contribution >= 0.6 is 0 Å². The van der Waals surface area contributed by atoms with Crippen LogP contribution in [0.1, 0.15) is 32.6 Å². The molecule has 1 heterocycles. The zero-order valence-corrected chi connectivity index (χ0v) is 10.9. The van der Waals surface area contributed by atoms with Crippen LogP contribution in [0.2, 0.25) is 0 Å². The molecule has 0 saturated heterocycles. The van der Waals surface area contributed by atoms with E-state index in [4.69, 9.17) is 4.42 Å². The zero-order chi connectivity index (χ0) is 12.8. The molecule has 0 unspecified atom stereocenters. The normalized spacial score (nSPS) is 12.6. The van der Waals surface area contributed by atoms with Gasteiger partial charge in [-0.25, -0.2) is 0 Å². The molecule has 0 bridgehead atoms. The molecule has 0 radical (unpaired) electrons. The van der Waals surface area contributed by atoms with Crippen LogP contribution in [-0.4, -0.2) is 16.2 Å². The molecule has 4 nitrogen and oxygen atoms in total. The summed E-state index contributed by atoms with van der Waals surface area (Å²) in [5.41, 5.74) is 0.956. The van der Waals surface area contributed by atoms with Gasteiger partial charge in [0, 0.05) is 11.6 Å². The topological polar surface area (TPSA) is 51.0 Å². The SMILES string of the molecule is CCC[C@@H](C)NCc1nnc(-c2ccccc2)o1. The number of nitrogens with zero attached hydrogens (tertiary/aromatic N) is 2. The van der Waals surface area contributed by atoms with Crippen molar-refractivity contribution in [3.63, 3.8) is 0 Å². The summed E-state index contributed by atoms with van der Waals surface area (Å²) in [5.74, 6) is 1.22. The number of benzene rings is 1. The van der Waals surface area contributed by atoms with Gasteiger partial charge in [0.1, 0.15) is 0 Å². The van der Waals surface area contributed by atoms with Crippen molar-refractivity contribution in [2.24, 2.45) is 0 Å². The number of nitrogens with one attached hydrogen (secondary N) is 1. The molecule has 0 aliphatic carbocycles. The van der Waals surface area contributed by atoms with E-state index in [2.05, 4.69) is 29.4 Å². The van der Waals surface area contributed by atoms with Gasteiger partial charge in [-0.05, 0) is 25.5 Å². The third-order valence-corrected chi connectivity index (χ3v) is 2.81. The number of rotatable bonds is 6. The lowest BCUT2D eigenvalue weighted by molar-refractivity contribution is 0.436. The maximum absolute atomic E-state index is 5.61. The maximum atomic E-state index is 5.61. The fourth-order valence-electron chi connectivity index (χ4n) is 1.82. The number of hydrogen-bond donors (Lipinski definition) is 1. The second-order valence-corrected chi connectivity index (χ2v) is 4.44. The summed E-state index contributed by atoms with van der Waals surface area (Å²) >= 11 is 0. The highest BCUT2D eigenvalue weighted by Gasteiger charge is 2.08. The van der Waals surface area contributed by atoms with Crippen LogP contribution in [0, 0.1) is 0 Å². The second kappa shape index (κ2) is 6.31. The van der Waals surface area contributed by atoms with Crippen molar-refractivity contribution >= 4 is 0 Å². The van der Waals surface area contributed by atoms with E-state index in [1.54, 1.807) is 0 Å². The summed E-state index contributed by atoms with van der Waals surface area (Å²) in [7, 11) is 0. The highest BCUT2D eigenvalue weighted by molar-refractivity contribution is 5.51. The number of aromatic nitrogens is 2. The summed E-state index contributed by atoms with van der Waals surface area (Å²) in [4.78, 5) is 0. The third kappa shape index (κ3) is 3.40. The Morgan fingerprint density at radius 2 is 2.00 bits per heavy atom. The van der Waals surface area contributed by atoms with Crippen LogP contribution in [0.5, 0.6) is 0 Å². The average molecular weight is 245 g/mol. The Morgan fingerprint density at radius 3 is 2.72 bits per heavy atom. The first-order valence-electron chi connectivity index (χ1n) is 6.40. The first-order valence-corrected chi connectivity index (χ1v) is 6.40. The molecule has 1 N–H and O–H groups in total. The minimum Gasteiger partial charge on any atom is -0.419 e. The maximum Gasteiger partial charge on any atom is 0.247 e. The van der Waals surface area contributed by atoms with Crippen LogP contribution in [0.4, 0.5) is 0 Å². The van der Waals surface area contributed by atoms with Gasteiger partial charge >= 0.3 is 0 Å². The molecule has 0 fully saturated rings. The highest BCUT2D eigenvalue weighted by atomic mass is 16.4. The van der Waals surface area contributed by atoms with Crippen molar-refractivity contribution in [2.45, 2.75) is 39.3 Å². The summed E-state index contributed by atoms with van der Waals surface area (Å²) in [6.45, 7) is 4.97. The molecule has 0 amide bonds. The number of hydrogen-bond acceptors (Lipinski definition) is 4. The first-order chi connectivity index (χ1) is 8.79. The molecule has 18 heavy (non-hydrogen) atoms. The summed E-state index contributed by atoms with van der Waals surface area (Å²) in [6, 6.07) is 10.3. The van der Waals surface area contributed by atoms with E-state index < -0.39 is 0 Å². The van der Waals surface area contributed by atoms with E-state index in [0.29, 0.717) is 24.4 Å². The Labute approximate surface area is 107 Å². The molecular formula is C14H19N3O. The van der Waals surface area contributed by atoms with E-state index in [0.717, 1.165) is 12.0 Å². The minimum atomic E-state index is 0.474. The van der Waals surface area contributed by atoms with Crippen molar-refractivity contribution in [1.29, 1.82) is 0 Å². The zero-order valence-electron chi connectivity index (χ0n) is 10.9. The quantitative estimate of drug-likeness (QED) is 0.850. The summed E-state index contributed by atoms with van der Waals surface area (Å²) < 4.78 is 5.61. The molecule has 4 heteroatoms. The molecule has 96 valence electrons. The van der Waals surface area contributed by atoms with Crippen molar-refractivity contribution in [2.75, 3.05) is 0 Å². The Kier molecular flexibility index (Phi) is 4.47. The van der Waals surface area contributed by atoms with Gasteiger partial charge in [-0.1, -0.05) is 31.5 Å². The lowest BCUT2D eigenvalue weighted by Crippen LogP contribution is -2.25. The fraction of sp³-hybridized carbons (Fsp3) is 0.429. The fourth-order valence-corrected chi connectivity index (χ4v) is 1.82. The van der Waals surface area contributed by atoms with E-state index in [1.165, 1.54) is 6.42 Å². The van der Waals surface area contributed by atoms with Gasteiger partial charge in [0.15, 0.2) is 0 Å². The standard InChI is InChI=1S/C14H19N3O/c1-3-7-11(2)15-10-13-16-17-14(18-13)12-8-5-4-6-9-12/h4-6,8-9,11,15H,3,7,10H2,1-2H3/t11-/m1/s1. The Hall–Kier alpha value is -1.68. The highest BCUT2D eigenvalue weighted by Crippen LogP contribution is 2.16. The average Bonchev–Trinajstić information content (AvgIpc) is 2.87. The Balaban J connectivity index is 1.95. The van der Waals surface area contributed by atoms with Gasteiger partial charge in [-0.15, -0.1) is 10.2 Å². The predicted octanol–water partition coefficient (Wildman–Crippen LogP) is 3.01. The van der Waals surface area contributed by atoms with Crippen molar-refractivity contribution < 1.29 is 4.42 Å². The van der Waals surface area contributed by atoms with Crippen molar-refractivity contribution in [1.82, 2.24) is 15.5 Å². The molecule has 1 aromatic carbocycles. The Morgan fingerprint density at radius 1 is 1.22 bits per heavy atom. The van der Waals surface area contributed by atoms with Crippen LogP contribution in [-0.2, 0) is 6.54 Å². The first kappa shape index (κ1) is 12.8. The van der Waals surface area contributed by atoms with E-state index in [9.17, 15) is 0 Å². The lowest BCUT2D eigenvalue weighted by Gasteiger charge is -2.09. The molecule has 1 aromatic heterocycles. The van der Waals surface area contributed by atoms with Gasteiger partial charge in [-0.2, -0.15) is 0 Å². The van der Waals surface area contributed by atoms with Gasteiger partial charge in [0.25, 0.3) is 0 Å². The van der Waals surface area contributed by atoms with Crippen LogP contribution in [0.25, 0.3) is 11.5 Å². The lowest BCUT2D eigenvalue weighted by atomic mass is 10.2. The molecule has 2 aromatic rings. The predicted molar refractivity (Wildman–Crippen MR) is 70.9 cm³/mol. The molecule has 1 atom stereocenters. The van der Waals surface area contributed by atoms with Gasteiger partial charge in [-0.3, -0.25) is 0 Å². The molecule has 0 aliphatic rings. The van der Waals surface area contributed by atoms with Crippen LogP contribution < -0.4 is 5.32 Å². The van der Waals surface area contributed by atoms with Crippen molar-refractivity contribution in [3.8, 4) is 11.5 Å². The molecule has 0 saturated carbocycles. The van der Waals surface area contributed by atoms with Gasteiger partial charge < -0.3 is 9.73 Å². The largest absolute Gasteiger partial charge is 0.419 e. The Bertz CT molecular complexity index is 467. The van der Waals surface area contributed by atoms with E-state index >= 15 is 0 Å². The molecule has 2 rings (SSSR count). The van der Waals surface area contributed by atoms with Gasteiger partial charge in [0.2, 0.25) is 11.8 Å². The minimum absolute atomic E-state index is 0.474. The molecule has 0 aliphatic heterocycles. The summed E-state index contributed by atoms with van der Waals surface area (Å²) in [6.07, 6.45) is 2.33. The van der Waals surface area contributed by atoms with E-state index in [1.807, 2.05) is 30.3 Å². The van der Waals surface area contributed by atoms with E-state index in [-0.39, 0.29) is 0 Å². The second-order valence-electron chi connectivity index (χ2n) is 4.44. The molecule has 0 spiro atoms. The van der Waals surface area contributed by atoms with Crippen molar-refractivity contribution in [3.05, 3.63) is 36.2 Å². The smallest absolute Gasteiger partial charge is 0.247 e. The van der Waals surface area contributed by atoms with Gasteiger partial charge in [0.05, 0.1) is 6.54 Å².